The van der Waals surface area contributed by atoms with Gasteiger partial charge in [-0.3, -0.25) is 9.89 Å². The van der Waals surface area contributed by atoms with E-state index in [2.05, 4.69) is 26.2 Å². The Balaban J connectivity index is 0.00000300. The van der Waals surface area contributed by atoms with Crippen molar-refractivity contribution in [3.8, 4) is 0 Å². The van der Waals surface area contributed by atoms with Crippen molar-refractivity contribution in [2.24, 2.45) is 10.9 Å². The largest absolute Gasteiger partial charge is 0.381 e. The van der Waals surface area contributed by atoms with Crippen molar-refractivity contribution in [2.75, 3.05) is 66.2 Å². The van der Waals surface area contributed by atoms with Crippen LogP contribution in [0.2, 0.25) is 4.34 Å². The number of hydrogen-bond acceptors (Lipinski definition) is 5. The van der Waals surface area contributed by atoms with Crippen LogP contribution < -0.4 is 5.32 Å². The predicted molar refractivity (Wildman–Crippen MR) is 132 cm³/mol. The fourth-order valence-corrected chi connectivity index (χ4v) is 4.77. The smallest absolute Gasteiger partial charge is 0.193 e. The molecule has 6 nitrogen and oxygen atoms in total. The van der Waals surface area contributed by atoms with E-state index in [1.54, 1.807) is 11.3 Å². The van der Waals surface area contributed by atoms with Gasteiger partial charge in [-0.1, -0.05) is 11.6 Å². The molecule has 2 saturated heterocycles. The van der Waals surface area contributed by atoms with Crippen LogP contribution in [-0.4, -0.2) is 82.0 Å². The van der Waals surface area contributed by atoms with Crippen molar-refractivity contribution in [1.29, 1.82) is 0 Å². The fraction of sp³-hybridized carbons (Fsp3) is 0.750. The summed E-state index contributed by atoms with van der Waals surface area (Å²) < 4.78 is 12.1. The molecule has 1 aromatic heterocycles. The van der Waals surface area contributed by atoms with Gasteiger partial charge in [-0.15, -0.1) is 35.3 Å². The molecule has 1 N–H and O–H groups in total. The Morgan fingerprint density at radius 3 is 2.69 bits per heavy atom. The first kappa shape index (κ1) is 25.1. The average Bonchev–Trinajstić information content (AvgIpc) is 3.14. The summed E-state index contributed by atoms with van der Waals surface area (Å²) in [6.07, 6.45) is 3.27. The standard InChI is InChI=1S/C20H33ClN4O2S.HI/c1-22-20(23-7-2-12-27-16-17-5-13-26-14-6-17)25-10-8-24(9-11-25)15-18-3-4-19(21)28-18;/h3-4,17H,2,5-16H2,1H3,(H,22,23);1H. The van der Waals surface area contributed by atoms with E-state index in [-0.39, 0.29) is 24.0 Å². The highest BCUT2D eigenvalue weighted by Crippen LogP contribution is 2.23. The van der Waals surface area contributed by atoms with Gasteiger partial charge in [0.05, 0.1) is 4.34 Å². The number of halogens is 2. The number of guanidine groups is 1. The predicted octanol–water partition coefficient (Wildman–Crippen LogP) is 3.55. The lowest BCUT2D eigenvalue weighted by molar-refractivity contribution is 0.0203. The van der Waals surface area contributed by atoms with Crippen molar-refractivity contribution >= 4 is 52.9 Å². The Labute approximate surface area is 201 Å². The van der Waals surface area contributed by atoms with Gasteiger partial charge >= 0.3 is 0 Å². The first-order valence-corrected chi connectivity index (χ1v) is 11.5. The third kappa shape index (κ3) is 8.86. The number of rotatable bonds is 8. The van der Waals surface area contributed by atoms with Gasteiger partial charge in [-0.05, 0) is 37.3 Å². The zero-order valence-corrected chi connectivity index (χ0v) is 21.2. The maximum Gasteiger partial charge on any atom is 0.193 e. The maximum atomic E-state index is 6.04. The van der Waals surface area contributed by atoms with Gasteiger partial charge in [0.15, 0.2) is 5.96 Å². The van der Waals surface area contributed by atoms with Crippen LogP contribution in [0.1, 0.15) is 24.1 Å². The van der Waals surface area contributed by atoms with E-state index in [1.165, 1.54) is 4.88 Å². The van der Waals surface area contributed by atoms with E-state index in [0.717, 1.165) is 95.3 Å². The maximum absolute atomic E-state index is 6.04. The molecule has 1 aromatic rings. The molecule has 0 saturated carbocycles. The molecule has 2 aliphatic heterocycles. The summed E-state index contributed by atoms with van der Waals surface area (Å²) in [6, 6.07) is 4.11. The summed E-state index contributed by atoms with van der Waals surface area (Å²) in [7, 11) is 1.87. The van der Waals surface area contributed by atoms with Crippen LogP contribution in [0.15, 0.2) is 17.1 Å². The summed E-state index contributed by atoms with van der Waals surface area (Å²) in [4.78, 5) is 10.6. The van der Waals surface area contributed by atoms with Crippen molar-refractivity contribution in [2.45, 2.75) is 25.8 Å². The minimum Gasteiger partial charge on any atom is -0.381 e. The number of hydrogen-bond donors (Lipinski definition) is 1. The van der Waals surface area contributed by atoms with Crippen LogP contribution in [0.5, 0.6) is 0 Å². The monoisotopic (exact) mass is 556 g/mol. The Kier molecular flexibility index (Phi) is 12.2. The Hall–Kier alpha value is -0.130. The van der Waals surface area contributed by atoms with Crippen LogP contribution in [0.25, 0.3) is 0 Å². The molecule has 166 valence electrons. The topological polar surface area (TPSA) is 49.3 Å². The van der Waals surface area contributed by atoms with Gasteiger partial charge in [0, 0.05) is 77.6 Å². The van der Waals surface area contributed by atoms with Gasteiger partial charge in [0.25, 0.3) is 0 Å². The number of nitrogens with one attached hydrogen (secondary N) is 1. The SMILES string of the molecule is CN=C(NCCCOCC1CCOCC1)N1CCN(Cc2ccc(Cl)s2)CC1.I. The van der Waals surface area contributed by atoms with Gasteiger partial charge in [-0.25, -0.2) is 0 Å². The Morgan fingerprint density at radius 2 is 2.03 bits per heavy atom. The van der Waals surface area contributed by atoms with Gasteiger partial charge in [-0.2, -0.15) is 0 Å². The molecule has 0 atom stereocenters. The first-order chi connectivity index (χ1) is 13.7. The zero-order valence-electron chi connectivity index (χ0n) is 17.3. The summed E-state index contributed by atoms with van der Waals surface area (Å²) >= 11 is 7.71. The second-order valence-corrected chi connectivity index (χ2v) is 9.23. The molecular formula is C20H34ClIN4O2S. The number of aliphatic imine (C=N–C) groups is 1. The summed E-state index contributed by atoms with van der Waals surface area (Å²) in [6.45, 7) is 9.43. The van der Waals surface area contributed by atoms with Crippen molar-refractivity contribution < 1.29 is 9.47 Å². The zero-order chi connectivity index (χ0) is 19.6. The molecule has 2 aliphatic rings. The fourth-order valence-electron chi connectivity index (χ4n) is 3.64. The molecular weight excluding hydrogens is 523 g/mol. The molecule has 3 rings (SSSR count). The van der Waals surface area contributed by atoms with E-state index in [1.807, 2.05) is 13.1 Å². The van der Waals surface area contributed by atoms with Gasteiger partial charge < -0.3 is 19.7 Å². The summed E-state index contributed by atoms with van der Waals surface area (Å²) in [5, 5.41) is 3.49. The van der Waals surface area contributed by atoms with E-state index < -0.39 is 0 Å². The van der Waals surface area contributed by atoms with E-state index >= 15 is 0 Å². The molecule has 29 heavy (non-hydrogen) atoms. The lowest BCUT2D eigenvalue weighted by atomic mass is 10.0. The second kappa shape index (κ2) is 14.0. The van der Waals surface area contributed by atoms with Crippen LogP contribution in [0.4, 0.5) is 0 Å². The highest BCUT2D eigenvalue weighted by molar-refractivity contribution is 14.0. The Morgan fingerprint density at radius 1 is 1.28 bits per heavy atom. The van der Waals surface area contributed by atoms with Gasteiger partial charge in [0.1, 0.15) is 0 Å². The summed E-state index contributed by atoms with van der Waals surface area (Å²) in [5.74, 6) is 1.68. The van der Waals surface area contributed by atoms with Crippen molar-refractivity contribution in [3.63, 3.8) is 0 Å². The molecule has 0 aliphatic carbocycles. The first-order valence-electron chi connectivity index (χ1n) is 10.3. The third-order valence-corrected chi connectivity index (χ3v) is 6.55. The number of thiophene rings is 1. The highest BCUT2D eigenvalue weighted by Gasteiger charge is 2.20. The number of nitrogens with zero attached hydrogens (tertiary/aromatic N) is 3. The van der Waals surface area contributed by atoms with Crippen LogP contribution >= 0.6 is 46.9 Å². The molecule has 2 fully saturated rings. The molecule has 0 aromatic carbocycles. The molecule has 0 spiro atoms. The van der Waals surface area contributed by atoms with Crippen molar-refractivity contribution in [3.05, 3.63) is 21.3 Å². The normalized spacial score (nSPS) is 19.2. The lowest BCUT2D eigenvalue weighted by Gasteiger charge is -2.36. The second-order valence-electron chi connectivity index (χ2n) is 7.43. The molecule has 9 heteroatoms. The van der Waals surface area contributed by atoms with E-state index in [9.17, 15) is 0 Å². The Bertz CT molecular complexity index is 605. The van der Waals surface area contributed by atoms with E-state index in [4.69, 9.17) is 21.1 Å². The number of ether oxygens (including phenoxy) is 2. The van der Waals surface area contributed by atoms with Crippen LogP contribution in [0, 0.1) is 5.92 Å². The third-order valence-electron chi connectivity index (χ3n) is 5.33. The summed E-state index contributed by atoms with van der Waals surface area (Å²) in [5.41, 5.74) is 0. The van der Waals surface area contributed by atoms with Crippen molar-refractivity contribution in [1.82, 2.24) is 15.1 Å². The highest BCUT2D eigenvalue weighted by atomic mass is 127. The number of piperazine rings is 1. The molecule has 0 amide bonds. The van der Waals surface area contributed by atoms with Crippen LogP contribution in [-0.2, 0) is 16.0 Å². The molecule has 3 heterocycles. The van der Waals surface area contributed by atoms with E-state index in [0.29, 0.717) is 5.92 Å². The molecule has 0 unspecified atom stereocenters. The van der Waals surface area contributed by atoms with Crippen LogP contribution in [0.3, 0.4) is 0 Å². The minimum atomic E-state index is 0. The van der Waals surface area contributed by atoms with Gasteiger partial charge in [0.2, 0.25) is 0 Å². The quantitative estimate of drug-likeness (QED) is 0.230. The molecule has 0 radical (unpaired) electrons. The molecule has 0 bridgehead atoms. The lowest BCUT2D eigenvalue weighted by Crippen LogP contribution is -2.52. The minimum absolute atomic E-state index is 0. The average molecular weight is 557 g/mol.